The van der Waals surface area contributed by atoms with Crippen molar-refractivity contribution in [3.05, 3.63) is 40.0 Å². The van der Waals surface area contributed by atoms with Gasteiger partial charge in [0.2, 0.25) is 5.13 Å². The molecule has 0 saturated heterocycles. The van der Waals surface area contributed by atoms with Crippen LogP contribution in [-0.4, -0.2) is 20.7 Å². The molecule has 3 rings (SSSR count). The summed E-state index contributed by atoms with van der Waals surface area (Å²) < 4.78 is 1.82. The van der Waals surface area contributed by atoms with Gasteiger partial charge in [-0.15, -0.1) is 10.2 Å². The molecule has 0 fully saturated rings. The highest BCUT2D eigenvalue weighted by Gasteiger charge is 2.16. The molecule has 0 aliphatic rings. The lowest BCUT2D eigenvalue weighted by Crippen LogP contribution is -2.15. The van der Waals surface area contributed by atoms with E-state index in [1.54, 1.807) is 6.07 Å². The molecule has 114 valence electrons. The van der Waals surface area contributed by atoms with Crippen molar-refractivity contribution in [2.45, 2.75) is 19.8 Å². The number of amides is 1. The number of carbonyl (C=O) groups excluding carboxylic acids is 1. The molecule has 7 heteroatoms. The van der Waals surface area contributed by atoms with E-state index < -0.39 is 0 Å². The van der Waals surface area contributed by atoms with Crippen LogP contribution in [0.2, 0.25) is 5.02 Å². The Morgan fingerprint density at radius 2 is 2.23 bits per heavy atom. The van der Waals surface area contributed by atoms with Crippen LogP contribution in [-0.2, 0) is 13.5 Å². The number of aryl methyl sites for hydroxylation is 2. The van der Waals surface area contributed by atoms with Crippen molar-refractivity contribution in [1.82, 2.24) is 14.8 Å². The van der Waals surface area contributed by atoms with E-state index >= 15 is 0 Å². The predicted octanol–water partition coefficient (Wildman–Crippen LogP) is 3.89. The average Bonchev–Trinajstić information content (AvgIpc) is 3.06. The molecule has 0 spiro atoms. The van der Waals surface area contributed by atoms with Crippen molar-refractivity contribution in [3.8, 4) is 0 Å². The minimum Gasteiger partial charge on any atom is -0.340 e. The first-order valence-corrected chi connectivity index (χ1v) is 8.17. The second-order valence-corrected chi connectivity index (χ2v) is 6.44. The van der Waals surface area contributed by atoms with Gasteiger partial charge >= 0.3 is 0 Å². The zero-order valence-corrected chi connectivity index (χ0v) is 13.8. The van der Waals surface area contributed by atoms with E-state index in [-0.39, 0.29) is 5.91 Å². The Hall–Kier alpha value is -1.92. The van der Waals surface area contributed by atoms with Crippen LogP contribution < -0.4 is 5.32 Å². The minimum atomic E-state index is -0.214. The number of benzene rings is 1. The molecular weight excluding hydrogens is 320 g/mol. The molecule has 0 bridgehead atoms. The summed E-state index contributed by atoms with van der Waals surface area (Å²) in [6, 6.07) is 7.41. The Balaban J connectivity index is 1.88. The quantitative estimate of drug-likeness (QED) is 0.787. The van der Waals surface area contributed by atoms with Gasteiger partial charge in [-0.05, 0) is 24.6 Å². The number of hydrogen-bond donors (Lipinski definition) is 1. The third-order valence-electron chi connectivity index (χ3n) is 3.42. The van der Waals surface area contributed by atoms with Crippen LogP contribution in [0.25, 0.3) is 10.9 Å². The number of hydrogen-bond acceptors (Lipinski definition) is 4. The molecule has 5 nitrogen and oxygen atoms in total. The van der Waals surface area contributed by atoms with Gasteiger partial charge in [0, 0.05) is 29.4 Å². The molecule has 0 aliphatic carbocycles. The molecule has 2 heterocycles. The molecule has 0 saturated carbocycles. The van der Waals surface area contributed by atoms with Gasteiger partial charge in [-0.3, -0.25) is 10.1 Å². The van der Waals surface area contributed by atoms with E-state index in [9.17, 15) is 4.79 Å². The molecule has 1 aromatic carbocycles. The summed E-state index contributed by atoms with van der Waals surface area (Å²) >= 11 is 7.59. The van der Waals surface area contributed by atoms with E-state index in [2.05, 4.69) is 22.4 Å². The molecule has 0 unspecified atom stereocenters. The molecular formula is C15H15ClN4OS. The average molecular weight is 335 g/mol. The minimum absolute atomic E-state index is 0.214. The van der Waals surface area contributed by atoms with Gasteiger partial charge in [0.25, 0.3) is 5.91 Å². The zero-order valence-electron chi connectivity index (χ0n) is 12.3. The van der Waals surface area contributed by atoms with Crippen molar-refractivity contribution >= 4 is 44.9 Å². The number of carbonyl (C=O) groups is 1. The van der Waals surface area contributed by atoms with Crippen molar-refractivity contribution < 1.29 is 4.79 Å². The molecule has 0 radical (unpaired) electrons. The van der Waals surface area contributed by atoms with Crippen LogP contribution in [0.5, 0.6) is 0 Å². The normalized spacial score (nSPS) is 11.0. The van der Waals surface area contributed by atoms with Crippen molar-refractivity contribution in [1.29, 1.82) is 0 Å². The van der Waals surface area contributed by atoms with Gasteiger partial charge in [0.15, 0.2) is 0 Å². The van der Waals surface area contributed by atoms with E-state index in [1.165, 1.54) is 11.3 Å². The Labute approximate surface area is 136 Å². The van der Waals surface area contributed by atoms with Gasteiger partial charge in [0.1, 0.15) is 10.7 Å². The standard InChI is InChI=1S/C15H15ClN4OS/c1-3-5-13-18-19-15(22-13)17-14(21)12-8-9-10(16)6-4-7-11(9)20(12)2/h4,6-8H,3,5H2,1-2H3,(H,17,19,21). The van der Waals surface area contributed by atoms with Crippen molar-refractivity contribution in [3.63, 3.8) is 0 Å². The van der Waals surface area contributed by atoms with Crippen LogP contribution in [0, 0.1) is 0 Å². The first kappa shape index (κ1) is 15.0. The highest BCUT2D eigenvalue weighted by Crippen LogP contribution is 2.27. The van der Waals surface area contributed by atoms with Crippen LogP contribution in [0.3, 0.4) is 0 Å². The lowest BCUT2D eigenvalue weighted by atomic mass is 10.2. The zero-order chi connectivity index (χ0) is 15.7. The predicted molar refractivity (Wildman–Crippen MR) is 89.8 cm³/mol. The third kappa shape index (κ3) is 2.71. The van der Waals surface area contributed by atoms with Crippen molar-refractivity contribution in [2.24, 2.45) is 7.05 Å². The molecule has 1 N–H and O–H groups in total. The summed E-state index contributed by atoms with van der Waals surface area (Å²) in [5, 5.41) is 13.8. The summed E-state index contributed by atoms with van der Waals surface area (Å²) in [5.74, 6) is -0.214. The maximum absolute atomic E-state index is 12.4. The number of nitrogens with zero attached hydrogens (tertiary/aromatic N) is 3. The van der Waals surface area contributed by atoms with Crippen LogP contribution in [0.15, 0.2) is 24.3 Å². The fourth-order valence-electron chi connectivity index (χ4n) is 2.32. The maximum atomic E-state index is 12.4. The largest absolute Gasteiger partial charge is 0.340 e. The highest BCUT2D eigenvalue weighted by atomic mass is 35.5. The fraction of sp³-hybridized carbons (Fsp3) is 0.267. The van der Waals surface area contributed by atoms with E-state index in [0.717, 1.165) is 28.8 Å². The number of rotatable bonds is 4. The number of anilines is 1. The van der Waals surface area contributed by atoms with E-state index in [0.29, 0.717) is 15.8 Å². The van der Waals surface area contributed by atoms with Crippen LogP contribution in [0.4, 0.5) is 5.13 Å². The van der Waals surface area contributed by atoms with E-state index in [1.807, 2.05) is 29.8 Å². The molecule has 22 heavy (non-hydrogen) atoms. The summed E-state index contributed by atoms with van der Waals surface area (Å²) in [7, 11) is 1.84. The maximum Gasteiger partial charge on any atom is 0.274 e. The van der Waals surface area contributed by atoms with Gasteiger partial charge in [-0.2, -0.15) is 0 Å². The fourth-order valence-corrected chi connectivity index (χ4v) is 3.38. The smallest absolute Gasteiger partial charge is 0.274 e. The monoisotopic (exact) mass is 334 g/mol. The Bertz CT molecular complexity index is 839. The number of aromatic nitrogens is 3. The summed E-state index contributed by atoms with van der Waals surface area (Å²) in [6.45, 7) is 2.08. The summed E-state index contributed by atoms with van der Waals surface area (Å²) in [4.78, 5) is 12.4. The van der Waals surface area contributed by atoms with Crippen LogP contribution >= 0.6 is 22.9 Å². The lowest BCUT2D eigenvalue weighted by molar-refractivity contribution is 0.101. The topological polar surface area (TPSA) is 59.8 Å². The SMILES string of the molecule is CCCc1nnc(NC(=O)c2cc3c(Cl)cccc3n2C)s1. The van der Waals surface area contributed by atoms with Gasteiger partial charge < -0.3 is 4.57 Å². The number of nitrogens with one attached hydrogen (secondary N) is 1. The lowest BCUT2D eigenvalue weighted by Gasteiger charge is -2.03. The molecule has 2 aromatic heterocycles. The molecule has 0 atom stereocenters. The summed E-state index contributed by atoms with van der Waals surface area (Å²) in [5.41, 5.74) is 1.46. The Morgan fingerprint density at radius 1 is 1.41 bits per heavy atom. The van der Waals surface area contributed by atoms with Gasteiger partial charge in [0.05, 0.1) is 0 Å². The molecule has 0 aliphatic heterocycles. The molecule has 1 amide bonds. The first-order chi connectivity index (χ1) is 10.6. The second kappa shape index (κ2) is 6.06. The highest BCUT2D eigenvalue weighted by molar-refractivity contribution is 7.15. The summed E-state index contributed by atoms with van der Waals surface area (Å²) in [6.07, 6.45) is 1.88. The number of halogens is 1. The Morgan fingerprint density at radius 3 is 2.95 bits per heavy atom. The second-order valence-electron chi connectivity index (χ2n) is 4.97. The number of fused-ring (bicyclic) bond motifs is 1. The Kier molecular flexibility index (Phi) is 4.13. The molecule has 3 aromatic rings. The third-order valence-corrected chi connectivity index (χ3v) is 4.65. The first-order valence-electron chi connectivity index (χ1n) is 6.98. The van der Waals surface area contributed by atoms with Gasteiger partial charge in [-0.25, -0.2) is 0 Å². The van der Waals surface area contributed by atoms with Crippen LogP contribution in [0.1, 0.15) is 28.8 Å². The van der Waals surface area contributed by atoms with E-state index in [4.69, 9.17) is 11.6 Å². The van der Waals surface area contributed by atoms with Gasteiger partial charge in [-0.1, -0.05) is 35.9 Å². The van der Waals surface area contributed by atoms with Crippen molar-refractivity contribution in [2.75, 3.05) is 5.32 Å².